The number of fused-ring (bicyclic) bond motifs is 1. The number of aromatic amines is 1. The lowest BCUT2D eigenvalue weighted by Crippen LogP contribution is -2.37. The number of H-pyrrole nitrogens is 1. The number of anilines is 1. The monoisotopic (exact) mass is 565 g/mol. The van der Waals surface area contributed by atoms with Crippen molar-refractivity contribution >= 4 is 23.5 Å². The van der Waals surface area contributed by atoms with Crippen LogP contribution in [0.25, 0.3) is 39.2 Å². The van der Waals surface area contributed by atoms with Gasteiger partial charge in [0, 0.05) is 5.56 Å². The zero-order valence-electron chi connectivity index (χ0n) is 23.7. The van der Waals surface area contributed by atoms with E-state index in [-0.39, 0.29) is 17.9 Å². The van der Waals surface area contributed by atoms with Gasteiger partial charge in [-0.1, -0.05) is 72.8 Å². The van der Waals surface area contributed by atoms with Crippen LogP contribution in [0, 0.1) is 0 Å². The second kappa shape index (κ2) is 11.6. The highest BCUT2D eigenvalue weighted by molar-refractivity contribution is 5.98. The van der Waals surface area contributed by atoms with Crippen molar-refractivity contribution in [2.45, 2.75) is 26.4 Å². The van der Waals surface area contributed by atoms with Crippen LogP contribution >= 0.6 is 0 Å². The number of carbonyl (C=O) groups excluding carboxylic acids is 2. The predicted octanol–water partition coefficient (Wildman–Crippen LogP) is 5.50. The molecule has 3 N–H and O–H groups in total. The van der Waals surface area contributed by atoms with E-state index >= 15 is 0 Å². The lowest BCUT2D eigenvalue weighted by atomic mass is 10.0. The van der Waals surface area contributed by atoms with Crippen molar-refractivity contribution in [3.05, 3.63) is 95.3 Å². The largest absolute Gasteiger partial charge is 0.497 e. The van der Waals surface area contributed by atoms with E-state index in [9.17, 15) is 14.4 Å². The van der Waals surface area contributed by atoms with Crippen molar-refractivity contribution in [3.63, 3.8) is 0 Å². The molecule has 3 aromatic carbocycles. The van der Waals surface area contributed by atoms with Gasteiger partial charge in [-0.05, 0) is 44.0 Å². The molecule has 0 spiro atoms. The van der Waals surface area contributed by atoms with Gasteiger partial charge in [-0.25, -0.2) is 9.78 Å². The van der Waals surface area contributed by atoms with Gasteiger partial charge in [0.1, 0.15) is 23.7 Å². The molecule has 10 heteroatoms. The number of benzene rings is 3. The molecular formula is C32H31N5O5. The second-order valence-corrected chi connectivity index (χ2v) is 10.5. The maximum Gasteiger partial charge on any atom is 0.408 e. The summed E-state index contributed by atoms with van der Waals surface area (Å²) in [6, 6.07) is 26.1. The zero-order valence-corrected chi connectivity index (χ0v) is 23.7. The molecule has 0 aliphatic heterocycles. The molecule has 2 aromatic heterocycles. The summed E-state index contributed by atoms with van der Waals surface area (Å²) in [7, 11) is 1.55. The van der Waals surface area contributed by atoms with E-state index in [0.29, 0.717) is 28.2 Å². The predicted molar refractivity (Wildman–Crippen MR) is 162 cm³/mol. The first-order valence-electron chi connectivity index (χ1n) is 13.4. The first kappa shape index (κ1) is 28.2. The van der Waals surface area contributed by atoms with Crippen LogP contribution in [-0.4, -0.2) is 45.9 Å². The molecule has 2 heterocycles. The van der Waals surface area contributed by atoms with E-state index < -0.39 is 23.2 Å². The molecule has 0 bridgehead atoms. The van der Waals surface area contributed by atoms with Crippen LogP contribution in [0.2, 0.25) is 0 Å². The molecule has 0 fully saturated rings. The number of aromatic nitrogens is 3. The Kier molecular flexibility index (Phi) is 7.79. The maximum absolute atomic E-state index is 14.2. The summed E-state index contributed by atoms with van der Waals surface area (Å²) in [6.45, 7) is 4.80. The van der Waals surface area contributed by atoms with Crippen LogP contribution in [0.1, 0.15) is 20.8 Å². The van der Waals surface area contributed by atoms with Crippen molar-refractivity contribution in [2.75, 3.05) is 19.0 Å². The van der Waals surface area contributed by atoms with Gasteiger partial charge in [-0.2, -0.15) is 4.52 Å². The third kappa shape index (κ3) is 6.02. The van der Waals surface area contributed by atoms with Gasteiger partial charge in [0.15, 0.2) is 5.65 Å². The fraction of sp³-hybridized carbons (Fsp3) is 0.188. The summed E-state index contributed by atoms with van der Waals surface area (Å²) in [4.78, 5) is 44.2. The first-order valence-corrected chi connectivity index (χ1v) is 13.4. The average molecular weight is 566 g/mol. The van der Waals surface area contributed by atoms with Gasteiger partial charge in [0.05, 0.1) is 23.9 Å². The molecule has 0 saturated heterocycles. The van der Waals surface area contributed by atoms with E-state index in [0.717, 1.165) is 11.1 Å². The Morgan fingerprint density at radius 2 is 1.45 bits per heavy atom. The summed E-state index contributed by atoms with van der Waals surface area (Å²) in [5.41, 5.74) is 2.98. The molecule has 0 radical (unpaired) electrons. The van der Waals surface area contributed by atoms with Crippen LogP contribution in [-0.2, 0) is 9.53 Å². The Hall–Kier alpha value is -5.38. The van der Waals surface area contributed by atoms with Crippen LogP contribution in [0.15, 0.2) is 89.7 Å². The Balaban J connectivity index is 1.66. The highest BCUT2D eigenvalue weighted by Crippen LogP contribution is 2.35. The standard InChI is InChI=1S/C32H31N5O5/c1-32(2,3)42-31(40)33-19-24(38)34-28-26(21-15-17-23(41-4)18-16-21)30(39)37-29(35-28)25(20-11-7-5-8-12-20)27(36-37)22-13-9-6-10-14-22/h5-18,36H,19H2,1-4H3,(H,33,40)(H,34,38). The van der Waals surface area contributed by atoms with Gasteiger partial charge >= 0.3 is 6.09 Å². The summed E-state index contributed by atoms with van der Waals surface area (Å²) < 4.78 is 11.9. The highest BCUT2D eigenvalue weighted by atomic mass is 16.6. The normalized spacial score (nSPS) is 11.2. The molecule has 5 rings (SSSR count). The third-order valence-electron chi connectivity index (χ3n) is 6.33. The highest BCUT2D eigenvalue weighted by Gasteiger charge is 2.24. The quantitative estimate of drug-likeness (QED) is 0.239. The van der Waals surface area contributed by atoms with E-state index in [2.05, 4.69) is 15.7 Å². The number of nitrogens with one attached hydrogen (secondary N) is 3. The Morgan fingerprint density at radius 1 is 0.857 bits per heavy atom. The maximum atomic E-state index is 14.2. The summed E-state index contributed by atoms with van der Waals surface area (Å²) >= 11 is 0. The molecule has 0 saturated carbocycles. The molecule has 0 aliphatic carbocycles. The lowest BCUT2D eigenvalue weighted by molar-refractivity contribution is -0.115. The van der Waals surface area contributed by atoms with Gasteiger partial charge < -0.3 is 20.1 Å². The number of alkyl carbamates (subject to hydrolysis) is 1. The van der Waals surface area contributed by atoms with Gasteiger partial charge in [0.25, 0.3) is 5.56 Å². The smallest absolute Gasteiger partial charge is 0.408 e. The minimum absolute atomic E-state index is 0.0527. The molecule has 0 aliphatic rings. The molecule has 2 amide bonds. The average Bonchev–Trinajstić information content (AvgIpc) is 3.36. The number of nitrogens with zero attached hydrogens (tertiary/aromatic N) is 2. The lowest BCUT2D eigenvalue weighted by Gasteiger charge is -2.19. The minimum atomic E-state index is -0.735. The first-order chi connectivity index (χ1) is 20.1. The molecule has 10 nitrogen and oxygen atoms in total. The molecule has 0 atom stereocenters. The third-order valence-corrected chi connectivity index (χ3v) is 6.33. The van der Waals surface area contributed by atoms with E-state index in [4.69, 9.17) is 14.5 Å². The number of methoxy groups -OCH3 is 1. The van der Waals surface area contributed by atoms with E-state index in [1.54, 1.807) is 52.1 Å². The number of hydrogen-bond donors (Lipinski definition) is 3. The number of rotatable bonds is 7. The van der Waals surface area contributed by atoms with E-state index in [1.807, 2.05) is 60.7 Å². The number of ether oxygens (including phenoxy) is 2. The second-order valence-electron chi connectivity index (χ2n) is 10.5. The van der Waals surface area contributed by atoms with Gasteiger partial charge in [0.2, 0.25) is 5.91 Å². The number of amides is 2. The Morgan fingerprint density at radius 3 is 2.05 bits per heavy atom. The number of hydrogen-bond acceptors (Lipinski definition) is 6. The Labute approximate surface area is 242 Å². The molecule has 42 heavy (non-hydrogen) atoms. The van der Waals surface area contributed by atoms with Gasteiger partial charge in [-0.15, -0.1) is 0 Å². The van der Waals surface area contributed by atoms with Gasteiger partial charge in [-0.3, -0.25) is 14.7 Å². The summed E-state index contributed by atoms with van der Waals surface area (Å²) in [5, 5.41) is 8.43. The Bertz CT molecular complexity index is 1790. The SMILES string of the molecule is COc1ccc(-c2c(NC(=O)CNC(=O)OC(C)(C)C)nc3c(-c4ccccc4)c(-c4ccccc4)[nH]n3c2=O)cc1. The van der Waals surface area contributed by atoms with Crippen molar-refractivity contribution in [2.24, 2.45) is 0 Å². The van der Waals surface area contributed by atoms with Crippen LogP contribution in [0.3, 0.4) is 0 Å². The fourth-order valence-electron chi connectivity index (χ4n) is 4.52. The number of carbonyl (C=O) groups is 2. The molecular weight excluding hydrogens is 534 g/mol. The van der Waals surface area contributed by atoms with Crippen LogP contribution in [0.4, 0.5) is 10.6 Å². The molecule has 5 aromatic rings. The zero-order chi connectivity index (χ0) is 29.9. The van der Waals surface area contributed by atoms with Crippen molar-refractivity contribution < 1.29 is 19.1 Å². The topological polar surface area (TPSA) is 127 Å². The van der Waals surface area contributed by atoms with Crippen molar-refractivity contribution in [3.8, 4) is 39.3 Å². The molecule has 214 valence electrons. The minimum Gasteiger partial charge on any atom is -0.497 e. The van der Waals surface area contributed by atoms with E-state index in [1.165, 1.54) is 4.52 Å². The fourth-order valence-corrected chi connectivity index (χ4v) is 4.52. The molecule has 0 unspecified atom stereocenters. The summed E-state index contributed by atoms with van der Waals surface area (Å²) in [5.74, 6) is 0.0848. The van der Waals surface area contributed by atoms with Crippen LogP contribution < -0.4 is 20.9 Å². The van der Waals surface area contributed by atoms with Crippen LogP contribution in [0.5, 0.6) is 5.75 Å². The summed E-state index contributed by atoms with van der Waals surface area (Å²) in [6.07, 6.45) is -0.735. The van der Waals surface area contributed by atoms with Crippen molar-refractivity contribution in [1.82, 2.24) is 19.9 Å². The van der Waals surface area contributed by atoms with Crippen molar-refractivity contribution in [1.29, 1.82) is 0 Å².